The molecule has 0 fully saturated rings. The summed E-state index contributed by atoms with van der Waals surface area (Å²) >= 11 is 0. The fourth-order valence-corrected chi connectivity index (χ4v) is 3.34. The van der Waals surface area contributed by atoms with Gasteiger partial charge in [-0.15, -0.1) is 0 Å². The molecule has 6 nitrogen and oxygen atoms in total. The molecule has 0 spiro atoms. The number of hydrogen-bond acceptors (Lipinski definition) is 3. The molecule has 2 atom stereocenters. The summed E-state index contributed by atoms with van der Waals surface area (Å²) in [6.45, 7) is 0. The van der Waals surface area contributed by atoms with Crippen molar-refractivity contribution in [1.82, 2.24) is 10.3 Å². The van der Waals surface area contributed by atoms with Gasteiger partial charge in [0.05, 0.1) is 0 Å². The standard InChI is InChI=1S/C20H17FN2O4/c21-13-5-6-14-12(10-22-15(14)9-13)7-16(20(25)26)23-19(24)18-8-11-3-1-2-4-17(11)27-18/h1-6,9-10,16,18,22H,7-8H2,(H,23,24)(H,25,26)/t16-,18-/m0/s1. The molecule has 4 rings (SSSR count). The van der Waals surface area contributed by atoms with Crippen LogP contribution in [0.4, 0.5) is 4.39 Å². The van der Waals surface area contributed by atoms with Gasteiger partial charge in [-0.3, -0.25) is 4.79 Å². The summed E-state index contributed by atoms with van der Waals surface area (Å²) in [5, 5.41) is 12.8. The quantitative estimate of drug-likeness (QED) is 0.645. The third-order valence-corrected chi connectivity index (χ3v) is 4.71. The number of hydrogen-bond donors (Lipinski definition) is 3. The van der Waals surface area contributed by atoms with Crippen molar-refractivity contribution in [1.29, 1.82) is 0 Å². The highest BCUT2D eigenvalue weighted by molar-refractivity contribution is 5.89. The molecule has 0 saturated heterocycles. The normalized spacial score (nSPS) is 16.6. The van der Waals surface area contributed by atoms with Gasteiger partial charge in [0.1, 0.15) is 17.6 Å². The molecule has 0 bridgehead atoms. The zero-order valence-electron chi connectivity index (χ0n) is 14.2. The predicted molar refractivity (Wildman–Crippen MR) is 96.1 cm³/mol. The second kappa shape index (κ2) is 6.75. The van der Waals surface area contributed by atoms with Crippen LogP contribution in [0.5, 0.6) is 5.75 Å². The number of benzene rings is 2. The van der Waals surface area contributed by atoms with Crippen LogP contribution in [0.3, 0.4) is 0 Å². The first-order valence-corrected chi connectivity index (χ1v) is 8.54. The molecular formula is C20H17FN2O4. The number of aromatic nitrogens is 1. The Kier molecular flexibility index (Phi) is 4.27. The first-order valence-electron chi connectivity index (χ1n) is 8.54. The van der Waals surface area contributed by atoms with Gasteiger partial charge in [-0.25, -0.2) is 9.18 Å². The summed E-state index contributed by atoms with van der Waals surface area (Å²) in [6.07, 6.45) is 1.36. The van der Waals surface area contributed by atoms with Gasteiger partial charge in [-0.2, -0.15) is 0 Å². The van der Waals surface area contributed by atoms with Gasteiger partial charge >= 0.3 is 5.97 Å². The number of carbonyl (C=O) groups excluding carboxylic acids is 1. The Bertz CT molecular complexity index is 1000. The number of para-hydroxylation sites is 1. The minimum atomic E-state index is -1.14. The van der Waals surface area contributed by atoms with Crippen LogP contribution in [-0.4, -0.2) is 34.1 Å². The number of carboxylic acids is 1. The van der Waals surface area contributed by atoms with Crippen molar-refractivity contribution >= 4 is 22.8 Å². The van der Waals surface area contributed by atoms with E-state index in [-0.39, 0.29) is 12.2 Å². The van der Waals surface area contributed by atoms with Gasteiger partial charge in [-0.05, 0) is 35.4 Å². The molecule has 2 heterocycles. The third-order valence-electron chi connectivity index (χ3n) is 4.71. The topological polar surface area (TPSA) is 91.4 Å². The molecule has 3 aromatic rings. The summed E-state index contributed by atoms with van der Waals surface area (Å²) in [7, 11) is 0. The lowest BCUT2D eigenvalue weighted by Crippen LogP contribution is -2.47. The van der Waals surface area contributed by atoms with Crippen LogP contribution in [0.25, 0.3) is 10.9 Å². The van der Waals surface area contributed by atoms with Crippen molar-refractivity contribution in [2.75, 3.05) is 0 Å². The van der Waals surface area contributed by atoms with Crippen molar-refractivity contribution in [3.63, 3.8) is 0 Å². The first-order chi connectivity index (χ1) is 13.0. The van der Waals surface area contributed by atoms with E-state index in [4.69, 9.17) is 4.74 Å². The molecule has 7 heteroatoms. The molecule has 0 saturated carbocycles. The molecule has 138 valence electrons. The van der Waals surface area contributed by atoms with Gasteiger partial charge in [0.25, 0.3) is 5.91 Å². The Balaban J connectivity index is 1.48. The maximum absolute atomic E-state index is 13.3. The fraction of sp³-hybridized carbons (Fsp3) is 0.200. The maximum Gasteiger partial charge on any atom is 0.326 e. The number of H-pyrrole nitrogens is 1. The van der Waals surface area contributed by atoms with Crippen molar-refractivity contribution in [3.05, 3.63) is 65.6 Å². The van der Waals surface area contributed by atoms with Crippen LogP contribution in [0, 0.1) is 5.82 Å². The Hall–Kier alpha value is -3.35. The summed E-state index contributed by atoms with van der Waals surface area (Å²) in [6, 6.07) is 10.5. The Morgan fingerprint density at radius 2 is 2.11 bits per heavy atom. The molecule has 0 unspecified atom stereocenters. The van der Waals surface area contributed by atoms with Gasteiger partial charge in [0.2, 0.25) is 0 Å². The molecule has 0 radical (unpaired) electrons. The van der Waals surface area contributed by atoms with Crippen molar-refractivity contribution in [3.8, 4) is 5.75 Å². The van der Waals surface area contributed by atoms with Crippen molar-refractivity contribution in [2.45, 2.75) is 25.0 Å². The largest absolute Gasteiger partial charge is 0.480 e. The molecule has 1 aliphatic rings. The number of aromatic amines is 1. The van der Waals surface area contributed by atoms with Crippen LogP contribution in [-0.2, 0) is 22.4 Å². The van der Waals surface area contributed by atoms with Crippen molar-refractivity contribution in [2.24, 2.45) is 0 Å². The Morgan fingerprint density at radius 1 is 1.30 bits per heavy atom. The average molecular weight is 368 g/mol. The van der Waals surface area contributed by atoms with E-state index < -0.39 is 24.0 Å². The third kappa shape index (κ3) is 3.36. The van der Waals surface area contributed by atoms with Crippen LogP contribution < -0.4 is 10.1 Å². The van der Waals surface area contributed by atoms with E-state index in [1.54, 1.807) is 18.3 Å². The van der Waals surface area contributed by atoms with Gasteiger partial charge in [0, 0.05) is 29.9 Å². The SMILES string of the molecule is O=C(O)[C@H](Cc1c[nH]c2cc(F)ccc12)NC(=O)[C@@H]1Cc2ccccc2O1. The monoisotopic (exact) mass is 368 g/mol. The minimum absolute atomic E-state index is 0.0758. The van der Waals surface area contributed by atoms with Crippen LogP contribution in [0.2, 0.25) is 0 Å². The second-order valence-electron chi connectivity index (χ2n) is 6.53. The summed E-state index contributed by atoms with van der Waals surface area (Å²) in [5.74, 6) is -1.35. The van der Waals surface area contributed by atoms with E-state index in [0.29, 0.717) is 23.3 Å². The zero-order chi connectivity index (χ0) is 19.0. The number of halogens is 1. The lowest BCUT2D eigenvalue weighted by molar-refractivity contribution is -0.142. The zero-order valence-corrected chi connectivity index (χ0v) is 14.2. The summed E-state index contributed by atoms with van der Waals surface area (Å²) in [5.41, 5.74) is 2.19. The number of amides is 1. The average Bonchev–Trinajstić information content (AvgIpc) is 3.24. The van der Waals surface area contributed by atoms with Crippen LogP contribution >= 0.6 is 0 Å². The molecule has 1 amide bonds. The fourth-order valence-electron chi connectivity index (χ4n) is 3.34. The molecule has 2 aromatic carbocycles. The number of aliphatic carboxylic acids is 1. The van der Waals surface area contributed by atoms with Gasteiger partial charge < -0.3 is 20.1 Å². The number of ether oxygens (including phenoxy) is 1. The van der Waals surface area contributed by atoms with E-state index in [1.807, 2.05) is 18.2 Å². The van der Waals surface area contributed by atoms with Crippen molar-refractivity contribution < 1.29 is 23.8 Å². The maximum atomic E-state index is 13.3. The molecule has 27 heavy (non-hydrogen) atoms. The Morgan fingerprint density at radius 3 is 2.89 bits per heavy atom. The number of carbonyl (C=O) groups is 2. The molecule has 1 aliphatic heterocycles. The number of fused-ring (bicyclic) bond motifs is 2. The van der Waals surface area contributed by atoms with E-state index in [0.717, 1.165) is 10.9 Å². The number of rotatable bonds is 5. The van der Waals surface area contributed by atoms with E-state index >= 15 is 0 Å². The number of carboxylic acid groups (broad SMARTS) is 1. The second-order valence-corrected chi connectivity index (χ2v) is 6.53. The lowest BCUT2D eigenvalue weighted by Gasteiger charge is -2.17. The smallest absolute Gasteiger partial charge is 0.326 e. The summed E-state index contributed by atoms with van der Waals surface area (Å²) in [4.78, 5) is 27.1. The lowest BCUT2D eigenvalue weighted by atomic mass is 10.0. The van der Waals surface area contributed by atoms with E-state index in [9.17, 15) is 19.1 Å². The minimum Gasteiger partial charge on any atom is -0.480 e. The van der Waals surface area contributed by atoms with E-state index in [2.05, 4.69) is 10.3 Å². The molecule has 1 aromatic heterocycles. The molecule has 0 aliphatic carbocycles. The van der Waals surface area contributed by atoms with Crippen LogP contribution in [0.1, 0.15) is 11.1 Å². The highest BCUT2D eigenvalue weighted by atomic mass is 19.1. The highest BCUT2D eigenvalue weighted by Crippen LogP contribution is 2.28. The predicted octanol–water partition coefficient (Wildman–Crippen LogP) is 2.42. The summed E-state index contributed by atoms with van der Waals surface area (Å²) < 4.78 is 18.9. The number of nitrogens with one attached hydrogen (secondary N) is 2. The molecular weight excluding hydrogens is 351 g/mol. The van der Waals surface area contributed by atoms with Crippen LogP contribution in [0.15, 0.2) is 48.7 Å². The Labute approximate surface area is 154 Å². The first kappa shape index (κ1) is 17.1. The van der Waals surface area contributed by atoms with Gasteiger partial charge in [-0.1, -0.05) is 18.2 Å². The highest BCUT2D eigenvalue weighted by Gasteiger charge is 2.32. The van der Waals surface area contributed by atoms with E-state index in [1.165, 1.54) is 12.1 Å². The molecule has 3 N–H and O–H groups in total. The van der Waals surface area contributed by atoms with Gasteiger partial charge in [0.15, 0.2) is 6.10 Å².